The third-order valence-corrected chi connectivity index (χ3v) is 6.89. The van der Waals surface area contributed by atoms with Crippen LogP contribution in [-0.2, 0) is 14.3 Å². The number of esters is 1. The molecule has 3 aromatic rings. The number of rotatable bonds is 11. The minimum absolute atomic E-state index is 0. The fourth-order valence-electron chi connectivity index (χ4n) is 4.75. The van der Waals surface area contributed by atoms with E-state index in [4.69, 9.17) is 19.2 Å². The van der Waals surface area contributed by atoms with E-state index in [0.717, 1.165) is 29.0 Å². The van der Waals surface area contributed by atoms with Crippen molar-refractivity contribution in [1.29, 1.82) is 5.26 Å². The van der Waals surface area contributed by atoms with Gasteiger partial charge in [0, 0.05) is 37.0 Å². The Morgan fingerprint density at radius 3 is 2.50 bits per heavy atom. The van der Waals surface area contributed by atoms with Gasteiger partial charge >= 0.3 is 5.97 Å². The number of piperidine rings is 1. The van der Waals surface area contributed by atoms with Crippen LogP contribution in [0.1, 0.15) is 32.3 Å². The summed E-state index contributed by atoms with van der Waals surface area (Å²) < 4.78 is 18.7. The van der Waals surface area contributed by atoms with E-state index < -0.39 is 5.41 Å². The first-order chi connectivity index (χ1) is 18.4. The molecule has 40 heavy (non-hydrogen) atoms. The molecule has 10 nitrogen and oxygen atoms in total. The van der Waals surface area contributed by atoms with Crippen molar-refractivity contribution >= 4 is 42.1 Å². The summed E-state index contributed by atoms with van der Waals surface area (Å²) in [6.07, 6.45) is 6.42. The number of halogens is 2. The fourth-order valence-corrected chi connectivity index (χ4v) is 4.75. The fraction of sp³-hybridized carbons (Fsp3) is 0.500. The molecule has 0 bridgehead atoms. The number of carbonyl (C=O) groups is 1. The van der Waals surface area contributed by atoms with Crippen molar-refractivity contribution in [3.05, 3.63) is 42.4 Å². The van der Waals surface area contributed by atoms with Gasteiger partial charge in [-0.2, -0.15) is 10.4 Å². The summed E-state index contributed by atoms with van der Waals surface area (Å²) in [6, 6.07) is 8.12. The molecule has 0 aliphatic carbocycles. The monoisotopic (exact) mass is 592 g/mol. The second-order valence-electron chi connectivity index (χ2n) is 9.73. The number of likely N-dealkylation sites (N-methyl/N-ethyl adjacent to an activating group) is 1. The van der Waals surface area contributed by atoms with Crippen LogP contribution in [0.25, 0.3) is 16.6 Å². The van der Waals surface area contributed by atoms with E-state index in [1.54, 1.807) is 16.9 Å². The highest BCUT2D eigenvalue weighted by Crippen LogP contribution is 2.36. The van der Waals surface area contributed by atoms with Crippen LogP contribution in [0.5, 0.6) is 5.75 Å². The average molecular weight is 594 g/mol. The highest BCUT2D eigenvalue weighted by Gasteiger charge is 2.43. The lowest BCUT2D eigenvalue weighted by atomic mass is 9.79. The van der Waals surface area contributed by atoms with Gasteiger partial charge in [0.25, 0.3) is 0 Å². The van der Waals surface area contributed by atoms with Crippen molar-refractivity contribution < 1.29 is 19.0 Å². The number of pyridine rings is 2. The van der Waals surface area contributed by atoms with Gasteiger partial charge in [0.05, 0.1) is 55.3 Å². The molecule has 0 saturated carbocycles. The number of hydrogen-bond donors (Lipinski definition) is 0. The molecule has 0 N–H and O–H groups in total. The summed E-state index contributed by atoms with van der Waals surface area (Å²) in [5.74, 6) is 1.33. The Kier molecular flexibility index (Phi) is 12.5. The normalized spacial score (nSPS) is 14.2. The number of anilines is 1. The maximum atomic E-state index is 12.9. The molecular formula is C28H38Cl2N6O4. The third-order valence-electron chi connectivity index (χ3n) is 6.89. The second-order valence-corrected chi connectivity index (χ2v) is 9.73. The van der Waals surface area contributed by atoms with Crippen LogP contribution < -0.4 is 9.64 Å². The molecule has 12 heteroatoms. The molecule has 1 aliphatic rings. The van der Waals surface area contributed by atoms with Crippen molar-refractivity contribution in [1.82, 2.24) is 19.5 Å². The van der Waals surface area contributed by atoms with Gasteiger partial charge in [-0.05, 0) is 59.0 Å². The molecule has 0 aromatic carbocycles. The summed E-state index contributed by atoms with van der Waals surface area (Å²) in [5, 5.41) is 13.9. The zero-order valence-electron chi connectivity index (χ0n) is 23.5. The maximum Gasteiger partial charge on any atom is 0.314 e. The first-order valence-electron chi connectivity index (χ1n) is 13.1. The number of nitriles is 1. The Labute approximate surface area is 248 Å². The molecule has 1 saturated heterocycles. The van der Waals surface area contributed by atoms with E-state index in [2.05, 4.69) is 21.0 Å². The average Bonchev–Trinajstić information content (AvgIpc) is 3.34. The minimum atomic E-state index is -0.639. The highest BCUT2D eigenvalue weighted by atomic mass is 35.5. The predicted octanol–water partition coefficient (Wildman–Crippen LogP) is 4.24. The van der Waals surface area contributed by atoms with Gasteiger partial charge in [0.1, 0.15) is 17.6 Å². The molecular weight excluding hydrogens is 555 g/mol. The number of hydrogen-bond acceptors (Lipinski definition) is 9. The smallest absolute Gasteiger partial charge is 0.314 e. The van der Waals surface area contributed by atoms with Crippen LogP contribution in [0.4, 0.5) is 5.82 Å². The molecule has 3 aromatic heterocycles. The first kappa shape index (κ1) is 33.1. The van der Waals surface area contributed by atoms with Crippen LogP contribution in [0.3, 0.4) is 0 Å². The van der Waals surface area contributed by atoms with E-state index in [1.807, 2.05) is 52.3 Å². The Morgan fingerprint density at radius 1 is 1.15 bits per heavy atom. The minimum Gasteiger partial charge on any atom is -0.492 e. The lowest BCUT2D eigenvalue weighted by Crippen LogP contribution is -2.48. The van der Waals surface area contributed by atoms with E-state index in [9.17, 15) is 10.1 Å². The van der Waals surface area contributed by atoms with Crippen molar-refractivity contribution in [2.75, 3.05) is 65.1 Å². The number of nitrogens with zero attached hydrogens (tertiary/aromatic N) is 6. The van der Waals surface area contributed by atoms with Crippen molar-refractivity contribution in [2.45, 2.75) is 26.7 Å². The Morgan fingerprint density at radius 2 is 1.90 bits per heavy atom. The topological polar surface area (TPSA) is 105 Å². The molecule has 0 amide bonds. The lowest BCUT2D eigenvalue weighted by molar-refractivity contribution is -0.161. The zero-order chi connectivity index (χ0) is 27.1. The molecule has 0 unspecified atom stereocenters. The van der Waals surface area contributed by atoms with Crippen LogP contribution in [0.2, 0.25) is 0 Å². The van der Waals surface area contributed by atoms with Gasteiger partial charge in [0.15, 0.2) is 0 Å². The number of ether oxygens (including phenoxy) is 3. The molecule has 218 valence electrons. The van der Waals surface area contributed by atoms with Crippen LogP contribution >= 0.6 is 24.8 Å². The molecule has 4 heterocycles. The Balaban J connectivity index is 0.00000280. The predicted molar refractivity (Wildman–Crippen MR) is 159 cm³/mol. The van der Waals surface area contributed by atoms with Crippen LogP contribution in [0.15, 0.2) is 36.8 Å². The second kappa shape index (κ2) is 15.1. The Hall–Kier alpha value is -3.10. The van der Waals surface area contributed by atoms with Gasteiger partial charge in [-0.15, -0.1) is 24.8 Å². The van der Waals surface area contributed by atoms with Crippen molar-refractivity contribution in [3.8, 4) is 22.9 Å². The van der Waals surface area contributed by atoms with E-state index in [-0.39, 0.29) is 30.8 Å². The summed E-state index contributed by atoms with van der Waals surface area (Å²) in [5.41, 5.74) is 2.27. The maximum absolute atomic E-state index is 12.9. The molecule has 1 fully saturated rings. The molecule has 0 radical (unpaired) electrons. The number of fused-ring (bicyclic) bond motifs is 1. The van der Waals surface area contributed by atoms with E-state index in [0.29, 0.717) is 63.7 Å². The van der Waals surface area contributed by atoms with Gasteiger partial charge in [-0.3, -0.25) is 4.79 Å². The summed E-state index contributed by atoms with van der Waals surface area (Å²) in [4.78, 5) is 21.9. The van der Waals surface area contributed by atoms with Crippen molar-refractivity contribution in [3.63, 3.8) is 0 Å². The zero-order valence-corrected chi connectivity index (χ0v) is 25.1. The van der Waals surface area contributed by atoms with Crippen molar-refractivity contribution in [2.24, 2.45) is 5.41 Å². The SMILES string of the molecule is CCOC(=O)C1(COCCN(C)C)CCN(c2ccc(-c3cc(OCC)cn4ncc(C#N)c34)cn2)CC1.Cl.Cl. The van der Waals surface area contributed by atoms with Crippen LogP contribution in [0, 0.1) is 16.7 Å². The van der Waals surface area contributed by atoms with Gasteiger partial charge in [-0.1, -0.05) is 0 Å². The first-order valence-corrected chi connectivity index (χ1v) is 13.1. The van der Waals surface area contributed by atoms with Gasteiger partial charge in [0.2, 0.25) is 0 Å². The molecule has 4 rings (SSSR count). The standard InChI is InChI=1S/C28H36N6O4.2ClH/c1-5-37-23-15-24(26-22(16-29)18-31-34(26)19-23)21-7-8-25(30-17-21)33-11-9-28(10-12-33,27(35)38-6-2)20-36-14-13-32(3)4;;/h7-8,15,17-19H,5-6,9-14,20H2,1-4H3;2*1H. The van der Waals surface area contributed by atoms with E-state index in [1.165, 1.54) is 0 Å². The number of carbonyl (C=O) groups excluding carboxylic acids is 1. The molecule has 1 aliphatic heterocycles. The summed E-state index contributed by atoms with van der Waals surface area (Å²) in [6.45, 7) is 7.72. The number of aromatic nitrogens is 3. The highest BCUT2D eigenvalue weighted by molar-refractivity contribution is 5.86. The third kappa shape index (κ3) is 7.34. The van der Waals surface area contributed by atoms with E-state index >= 15 is 0 Å². The van der Waals surface area contributed by atoms with Crippen LogP contribution in [-0.4, -0.2) is 85.6 Å². The lowest BCUT2D eigenvalue weighted by Gasteiger charge is -2.40. The molecule has 0 atom stereocenters. The summed E-state index contributed by atoms with van der Waals surface area (Å²) >= 11 is 0. The molecule has 0 spiro atoms. The van der Waals surface area contributed by atoms with Gasteiger partial charge < -0.3 is 24.0 Å². The van der Waals surface area contributed by atoms with Gasteiger partial charge in [-0.25, -0.2) is 9.50 Å². The Bertz CT molecular complexity index is 1280. The quantitative estimate of drug-likeness (QED) is 0.239. The largest absolute Gasteiger partial charge is 0.492 e. The summed E-state index contributed by atoms with van der Waals surface area (Å²) in [7, 11) is 4.00.